The molecule has 6 heteroatoms. The van der Waals surface area contributed by atoms with Gasteiger partial charge in [-0.3, -0.25) is 5.10 Å². The number of aryl methyl sites for hydroxylation is 1. The molecule has 2 nitrogen and oxygen atoms in total. The van der Waals surface area contributed by atoms with Crippen LogP contribution in [0.15, 0.2) is 17.6 Å². The summed E-state index contributed by atoms with van der Waals surface area (Å²) < 4.78 is 38.4. The highest BCUT2D eigenvalue weighted by Crippen LogP contribution is 2.38. The zero-order chi connectivity index (χ0) is 13.3. The topological polar surface area (TPSA) is 28.7 Å². The molecule has 1 atom stereocenters. The van der Waals surface area contributed by atoms with Crippen molar-refractivity contribution < 1.29 is 13.2 Å². The molecular weight excluding hydrogens is 261 g/mol. The van der Waals surface area contributed by atoms with E-state index in [1.165, 1.54) is 17.5 Å². The lowest BCUT2D eigenvalue weighted by Crippen LogP contribution is -2.11. The molecule has 0 saturated carbocycles. The van der Waals surface area contributed by atoms with Crippen LogP contribution in [0.4, 0.5) is 13.2 Å². The predicted octanol–water partition coefficient (Wildman–Crippen LogP) is 4.20. The highest BCUT2D eigenvalue weighted by Gasteiger charge is 2.37. The summed E-state index contributed by atoms with van der Waals surface area (Å²) in [5, 5.41) is 7.51. The van der Waals surface area contributed by atoms with Gasteiger partial charge in [0.1, 0.15) is 5.69 Å². The molecule has 0 saturated heterocycles. The molecule has 0 amide bonds. The quantitative estimate of drug-likeness (QED) is 0.892. The maximum atomic E-state index is 12.8. The molecule has 2 rings (SSSR count). The number of nitrogens with zero attached hydrogens (tertiary/aromatic N) is 1. The number of H-pyrrole nitrogens is 1. The summed E-state index contributed by atoms with van der Waals surface area (Å²) in [4.78, 5) is 0.976. The summed E-state index contributed by atoms with van der Waals surface area (Å²) >= 11 is 1.49. The molecule has 0 aliphatic carbocycles. The predicted molar refractivity (Wildman–Crippen MR) is 64.8 cm³/mol. The molecular formula is C12H13F3N2S. The van der Waals surface area contributed by atoms with Gasteiger partial charge in [0, 0.05) is 16.4 Å². The van der Waals surface area contributed by atoms with Gasteiger partial charge in [0.25, 0.3) is 0 Å². The van der Waals surface area contributed by atoms with Crippen molar-refractivity contribution in [1.82, 2.24) is 10.2 Å². The smallest absolute Gasteiger partial charge is 0.273 e. The molecule has 0 aliphatic heterocycles. The molecule has 0 fully saturated rings. The average molecular weight is 274 g/mol. The highest BCUT2D eigenvalue weighted by molar-refractivity contribution is 7.10. The van der Waals surface area contributed by atoms with Gasteiger partial charge in [-0.1, -0.05) is 13.8 Å². The van der Waals surface area contributed by atoms with Crippen LogP contribution in [0.2, 0.25) is 0 Å². The summed E-state index contributed by atoms with van der Waals surface area (Å²) in [6, 6.07) is 1.96. The van der Waals surface area contributed by atoms with Crippen LogP contribution in [-0.2, 0) is 12.6 Å². The molecule has 0 radical (unpaired) electrons. The first kappa shape index (κ1) is 13.1. The Morgan fingerprint density at radius 1 is 1.44 bits per heavy atom. The molecule has 2 heterocycles. The second-order valence-electron chi connectivity index (χ2n) is 4.08. The molecule has 0 aromatic carbocycles. The number of thiophene rings is 1. The lowest BCUT2D eigenvalue weighted by Gasteiger charge is -2.14. The monoisotopic (exact) mass is 274 g/mol. The Morgan fingerprint density at radius 3 is 2.78 bits per heavy atom. The van der Waals surface area contributed by atoms with Crippen molar-refractivity contribution in [2.75, 3.05) is 0 Å². The zero-order valence-corrected chi connectivity index (χ0v) is 10.8. The standard InChI is InChI=1S/C12H13F3N2S/c1-3-8-4-5-18-10(8)7(2)9-6-16-17-11(9)12(13,14)15/h4-7H,3H2,1-2H3,(H,16,17). The largest absolute Gasteiger partial charge is 0.433 e. The fraction of sp³-hybridized carbons (Fsp3) is 0.417. The van der Waals surface area contributed by atoms with Crippen LogP contribution in [0.3, 0.4) is 0 Å². The summed E-state index contributed by atoms with van der Waals surface area (Å²) in [6.07, 6.45) is -2.29. The first-order valence-electron chi connectivity index (χ1n) is 5.61. The van der Waals surface area contributed by atoms with E-state index in [4.69, 9.17) is 0 Å². The number of halogens is 3. The number of rotatable bonds is 3. The van der Waals surface area contributed by atoms with Crippen LogP contribution in [0.25, 0.3) is 0 Å². The molecule has 18 heavy (non-hydrogen) atoms. The van der Waals surface area contributed by atoms with E-state index in [9.17, 15) is 13.2 Å². The van der Waals surface area contributed by atoms with E-state index in [1.807, 2.05) is 18.4 Å². The molecule has 0 aliphatic rings. The van der Waals surface area contributed by atoms with Gasteiger partial charge in [0.2, 0.25) is 0 Å². The van der Waals surface area contributed by atoms with E-state index in [0.29, 0.717) is 0 Å². The van der Waals surface area contributed by atoms with Crippen LogP contribution < -0.4 is 0 Å². The van der Waals surface area contributed by atoms with Crippen LogP contribution in [0, 0.1) is 0 Å². The minimum Gasteiger partial charge on any atom is -0.273 e. The van der Waals surface area contributed by atoms with E-state index in [2.05, 4.69) is 10.2 Å². The number of hydrogen-bond acceptors (Lipinski definition) is 2. The van der Waals surface area contributed by atoms with Crippen molar-refractivity contribution in [1.29, 1.82) is 0 Å². The molecule has 1 N–H and O–H groups in total. The normalized spacial score (nSPS) is 13.8. The molecule has 0 bridgehead atoms. The van der Waals surface area contributed by atoms with E-state index in [0.717, 1.165) is 16.9 Å². The SMILES string of the molecule is CCc1ccsc1C(C)c1cn[nH]c1C(F)(F)F. The Balaban J connectivity index is 2.41. The highest BCUT2D eigenvalue weighted by atomic mass is 32.1. The van der Waals surface area contributed by atoms with Gasteiger partial charge in [0.05, 0.1) is 6.20 Å². The molecule has 0 spiro atoms. The maximum Gasteiger partial charge on any atom is 0.433 e. The van der Waals surface area contributed by atoms with Crippen LogP contribution in [0.5, 0.6) is 0 Å². The Morgan fingerprint density at radius 2 is 2.17 bits per heavy atom. The second kappa shape index (κ2) is 4.76. The number of hydrogen-bond donors (Lipinski definition) is 1. The first-order valence-corrected chi connectivity index (χ1v) is 6.49. The minimum absolute atomic E-state index is 0.208. The van der Waals surface area contributed by atoms with Gasteiger partial charge in [-0.05, 0) is 23.4 Å². The fourth-order valence-electron chi connectivity index (χ4n) is 2.01. The molecule has 1 unspecified atom stereocenters. The summed E-state index contributed by atoms with van der Waals surface area (Å²) in [7, 11) is 0. The Hall–Kier alpha value is -1.30. The number of alkyl halides is 3. The minimum atomic E-state index is -4.39. The number of aromatic nitrogens is 2. The van der Waals surface area contributed by atoms with E-state index in [-0.39, 0.29) is 11.5 Å². The van der Waals surface area contributed by atoms with E-state index < -0.39 is 11.9 Å². The summed E-state index contributed by atoms with van der Waals surface area (Å²) in [5.74, 6) is -0.296. The lowest BCUT2D eigenvalue weighted by molar-refractivity contribution is -0.141. The van der Waals surface area contributed by atoms with Crippen LogP contribution >= 0.6 is 11.3 Å². The van der Waals surface area contributed by atoms with Gasteiger partial charge in [0.15, 0.2) is 0 Å². The van der Waals surface area contributed by atoms with Crippen molar-refractivity contribution in [3.8, 4) is 0 Å². The van der Waals surface area contributed by atoms with Crippen molar-refractivity contribution in [2.24, 2.45) is 0 Å². The molecule has 2 aromatic heterocycles. The van der Waals surface area contributed by atoms with Crippen molar-refractivity contribution in [2.45, 2.75) is 32.4 Å². The maximum absolute atomic E-state index is 12.8. The third-order valence-electron chi connectivity index (χ3n) is 2.97. The van der Waals surface area contributed by atoms with Gasteiger partial charge in [-0.15, -0.1) is 11.3 Å². The van der Waals surface area contributed by atoms with Gasteiger partial charge in [-0.25, -0.2) is 0 Å². The number of aromatic amines is 1. The Kier molecular flexibility index (Phi) is 3.47. The summed E-state index contributed by atoms with van der Waals surface area (Å²) in [5.41, 5.74) is 0.562. The van der Waals surface area contributed by atoms with E-state index in [1.54, 1.807) is 6.92 Å². The Labute approximate surface area is 107 Å². The van der Waals surface area contributed by atoms with Crippen molar-refractivity contribution in [3.63, 3.8) is 0 Å². The lowest BCUT2D eigenvalue weighted by atomic mass is 9.96. The Bertz CT molecular complexity index is 527. The van der Waals surface area contributed by atoms with Crippen molar-refractivity contribution in [3.05, 3.63) is 39.3 Å². The van der Waals surface area contributed by atoms with Gasteiger partial charge >= 0.3 is 6.18 Å². The van der Waals surface area contributed by atoms with Gasteiger partial charge < -0.3 is 0 Å². The average Bonchev–Trinajstić information content (AvgIpc) is 2.95. The molecule has 2 aromatic rings. The first-order chi connectivity index (χ1) is 8.45. The third kappa shape index (κ3) is 2.29. The third-order valence-corrected chi connectivity index (χ3v) is 4.12. The van der Waals surface area contributed by atoms with Crippen LogP contribution in [-0.4, -0.2) is 10.2 Å². The summed E-state index contributed by atoms with van der Waals surface area (Å²) in [6.45, 7) is 3.78. The fourth-order valence-corrected chi connectivity index (χ4v) is 3.09. The number of nitrogens with one attached hydrogen (secondary N) is 1. The van der Waals surface area contributed by atoms with Crippen LogP contribution in [0.1, 0.15) is 41.5 Å². The van der Waals surface area contributed by atoms with Gasteiger partial charge in [-0.2, -0.15) is 18.3 Å². The van der Waals surface area contributed by atoms with E-state index >= 15 is 0 Å². The molecule has 98 valence electrons. The zero-order valence-electron chi connectivity index (χ0n) is 10.0. The second-order valence-corrected chi connectivity index (χ2v) is 5.03. The van der Waals surface area contributed by atoms with Crippen molar-refractivity contribution >= 4 is 11.3 Å².